The van der Waals surface area contributed by atoms with Gasteiger partial charge < -0.3 is 25.8 Å². The highest BCUT2D eigenvalue weighted by Gasteiger charge is 2.06. The standard InChI is InChI=1S/C18H20N4O4.ClH/c1-25-16(23)11-26-15-8-2-12(3-9-15)10-21-17(24)13-4-6-14(7-5-13)22-18(19)20;/h2-9H,10-11H2,1H3,(H,21,24)(H4,19,20,22);1H. The minimum Gasteiger partial charge on any atom is -0.482 e. The van der Waals surface area contributed by atoms with Gasteiger partial charge in [0.25, 0.3) is 5.91 Å². The summed E-state index contributed by atoms with van der Waals surface area (Å²) in [5.41, 5.74) is 7.27. The molecule has 2 aromatic carbocycles. The molecule has 1 amide bonds. The van der Waals surface area contributed by atoms with Crippen molar-refractivity contribution in [2.45, 2.75) is 6.54 Å². The minimum absolute atomic E-state index is 0. The topological polar surface area (TPSA) is 127 Å². The van der Waals surface area contributed by atoms with Gasteiger partial charge in [-0.05, 0) is 42.0 Å². The number of nitrogens with one attached hydrogen (secondary N) is 3. The molecule has 5 N–H and O–H groups in total. The number of methoxy groups -OCH3 is 1. The van der Waals surface area contributed by atoms with E-state index in [0.717, 1.165) is 5.56 Å². The lowest BCUT2D eigenvalue weighted by molar-refractivity contribution is -0.142. The van der Waals surface area contributed by atoms with E-state index in [-0.39, 0.29) is 30.9 Å². The number of ether oxygens (including phenoxy) is 2. The SMILES string of the molecule is COC(=O)COc1ccc(CNC(=O)c2ccc(NC(=N)N)cc2)cc1.Cl. The molecular formula is C18H21ClN4O4. The maximum absolute atomic E-state index is 12.2. The van der Waals surface area contributed by atoms with Crippen LogP contribution < -0.4 is 21.1 Å². The number of amides is 1. The monoisotopic (exact) mass is 392 g/mol. The van der Waals surface area contributed by atoms with E-state index in [9.17, 15) is 9.59 Å². The first kappa shape index (κ1) is 21.8. The molecule has 2 aromatic rings. The quantitative estimate of drug-likeness (QED) is 0.324. The van der Waals surface area contributed by atoms with Gasteiger partial charge in [-0.25, -0.2) is 4.79 Å². The Kier molecular flexibility index (Phi) is 8.61. The largest absolute Gasteiger partial charge is 0.482 e. The third-order valence-corrected chi connectivity index (χ3v) is 3.39. The van der Waals surface area contributed by atoms with Crippen LogP contribution in [0.25, 0.3) is 0 Å². The predicted molar refractivity (Wildman–Crippen MR) is 104 cm³/mol. The average molecular weight is 393 g/mol. The molecule has 0 aliphatic heterocycles. The third kappa shape index (κ3) is 7.25. The number of benzene rings is 2. The van der Waals surface area contributed by atoms with E-state index in [1.165, 1.54) is 7.11 Å². The lowest BCUT2D eigenvalue weighted by Gasteiger charge is -2.08. The van der Waals surface area contributed by atoms with Gasteiger partial charge in [0.05, 0.1) is 7.11 Å². The van der Waals surface area contributed by atoms with Crippen LogP contribution in [0.2, 0.25) is 0 Å². The molecule has 0 radical (unpaired) electrons. The molecule has 2 rings (SSSR count). The van der Waals surface area contributed by atoms with E-state index < -0.39 is 5.97 Å². The smallest absolute Gasteiger partial charge is 0.343 e. The lowest BCUT2D eigenvalue weighted by Crippen LogP contribution is -2.23. The third-order valence-electron chi connectivity index (χ3n) is 3.39. The van der Waals surface area contributed by atoms with Crippen molar-refractivity contribution in [1.82, 2.24) is 5.32 Å². The molecule has 0 saturated carbocycles. The lowest BCUT2D eigenvalue weighted by atomic mass is 10.1. The Morgan fingerprint density at radius 3 is 2.26 bits per heavy atom. The van der Waals surface area contributed by atoms with Crippen LogP contribution in [-0.4, -0.2) is 31.6 Å². The normalized spacial score (nSPS) is 9.52. The first-order valence-electron chi connectivity index (χ1n) is 7.76. The molecule has 0 saturated heterocycles. The van der Waals surface area contributed by atoms with Crippen LogP contribution in [0.5, 0.6) is 5.75 Å². The van der Waals surface area contributed by atoms with Crippen molar-refractivity contribution < 1.29 is 19.1 Å². The van der Waals surface area contributed by atoms with E-state index in [1.807, 2.05) is 0 Å². The van der Waals surface area contributed by atoms with Gasteiger partial charge in [-0.15, -0.1) is 12.4 Å². The Bertz CT molecular complexity index is 779. The Morgan fingerprint density at radius 1 is 1.07 bits per heavy atom. The summed E-state index contributed by atoms with van der Waals surface area (Å²) in [6.45, 7) is 0.199. The number of esters is 1. The number of carbonyl (C=O) groups is 2. The molecule has 9 heteroatoms. The van der Waals surface area contributed by atoms with Crippen molar-refractivity contribution in [1.29, 1.82) is 5.41 Å². The molecule has 8 nitrogen and oxygen atoms in total. The maximum atomic E-state index is 12.2. The van der Waals surface area contributed by atoms with Gasteiger partial charge in [-0.2, -0.15) is 0 Å². The summed E-state index contributed by atoms with van der Waals surface area (Å²) in [7, 11) is 1.30. The van der Waals surface area contributed by atoms with E-state index in [2.05, 4.69) is 15.4 Å². The van der Waals surface area contributed by atoms with Crippen LogP contribution in [-0.2, 0) is 16.1 Å². The Balaban J connectivity index is 0.00000364. The van der Waals surface area contributed by atoms with Crippen molar-refractivity contribution in [3.8, 4) is 5.75 Å². The second kappa shape index (κ2) is 10.7. The second-order valence-corrected chi connectivity index (χ2v) is 5.31. The number of guanidine groups is 1. The van der Waals surface area contributed by atoms with E-state index in [0.29, 0.717) is 23.5 Å². The molecule has 0 aromatic heterocycles. The van der Waals surface area contributed by atoms with Crippen LogP contribution in [0, 0.1) is 5.41 Å². The highest BCUT2D eigenvalue weighted by molar-refractivity contribution is 5.95. The van der Waals surface area contributed by atoms with Crippen molar-refractivity contribution in [2.24, 2.45) is 5.73 Å². The van der Waals surface area contributed by atoms with Crippen LogP contribution in [0.3, 0.4) is 0 Å². The van der Waals surface area contributed by atoms with E-state index >= 15 is 0 Å². The van der Waals surface area contributed by atoms with Crippen LogP contribution >= 0.6 is 12.4 Å². The summed E-state index contributed by atoms with van der Waals surface area (Å²) >= 11 is 0. The molecule has 0 fully saturated rings. The fourth-order valence-corrected chi connectivity index (χ4v) is 2.05. The van der Waals surface area contributed by atoms with Gasteiger partial charge in [0, 0.05) is 17.8 Å². The zero-order valence-electron chi connectivity index (χ0n) is 14.7. The number of hydrogen-bond donors (Lipinski definition) is 4. The molecule has 0 aliphatic carbocycles. The summed E-state index contributed by atoms with van der Waals surface area (Å²) in [6, 6.07) is 13.7. The first-order chi connectivity index (χ1) is 12.5. The van der Waals surface area contributed by atoms with Gasteiger partial charge in [-0.3, -0.25) is 10.2 Å². The summed E-state index contributed by atoms with van der Waals surface area (Å²) < 4.78 is 9.75. The highest BCUT2D eigenvalue weighted by atomic mass is 35.5. The molecule has 0 spiro atoms. The molecule has 0 bridgehead atoms. The molecule has 144 valence electrons. The molecular weight excluding hydrogens is 372 g/mol. The fraction of sp³-hybridized carbons (Fsp3) is 0.167. The zero-order chi connectivity index (χ0) is 18.9. The average Bonchev–Trinajstić information content (AvgIpc) is 2.65. The van der Waals surface area contributed by atoms with E-state index in [1.54, 1.807) is 48.5 Å². The number of hydrogen-bond acceptors (Lipinski definition) is 5. The summed E-state index contributed by atoms with van der Waals surface area (Å²) in [6.07, 6.45) is 0. The van der Waals surface area contributed by atoms with E-state index in [4.69, 9.17) is 15.9 Å². The first-order valence-corrected chi connectivity index (χ1v) is 7.76. The predicted octanol–water partition coefficient (Wildman–Crippen LogP) is 1.90. The molecule has 27 heavy (non-hydrogen) atoms. The second-order valence-electron chi connectivity index (χ2n) is 5.31. The highest BCUT2D eigenvalue weighted by Crippen LogP contribution is 2.13. The van der Waals surface area contributed by atoms with Crippen LogP contribution in [0.4, 0.5) is 5.69 Å². The van der Waals surface area contributed by atoms with Crippen molar-refractivity contribution in [3.05, 3.63) is 59.7 Å². The van der Waals surface area contributed by atoms with Gasteiger partial charge in [0.1, 0.15) is 5.75 Å². The summed E-state index contributed by atoms with van der Waals surface area (Å²) in [4.78, 5) is 23.2. The Labute approximate surface area is 163 Å². The summed E-state index contributed by atoms with van der Waals surface area (Å²) in [5, 5.41) is 12.6. The molecule has 0 atom stereocenters. The number of anilines is 1. The van der Waals surface area contributed by atoms with Crippen molar-refractivity contribution in [2.75, 3.05) is 19.0 Å². The van der Waals surface area contributed by atoms with Gasteiger partial charge in [0.15, 0.2) is 12.6 Å². The number of nitrogens with two attached hydrogens (primary N) is 1. The van der Waals surface area contributed by atoms with Crippen molar-refractivity contribution >= 4 is 35.9 Å². The number of halogens is 1. The fourth-order valence-electron chi connectivity index (χ4n) is 2.05. The number of rotatable bonds is 7. The van der Waals surface area contributed by atoms with Crippen molar-refractivity contribution in [3.63, 3.8) is 0 Å². The molecule has 0 unspecified atom stereocenters. The van der Waals surface area contributed by atoms with Crippen LogP contribution in [0.15, 0.2) is 48.5 Å². The molecule has 0 heterocycles. The Hall–Kier alpha value is -3.26. The summed E-state index contributed by atoms with van der Waals surface area (Å²) in [5.74, 6) is -0.295. The Morgan fingerprint density at radius 2 is 1.70 bits per heavy atom. The molecule has 0 aliphatic rings. The number of carbonyl (C=O) groups excluding carboxylic acids is 2. The zero-order valence-corrected chi connectivity index (χ0v) is 15.5. The van der Waals surface area contributed by atoms with Crippen LogP contribution in [0.1, 0.15) is 15.9 Å². The minimum atomic E-state index is -0.453. The van der Waals surface area contributed by atoms with Gasteiger partial charge >= 0.3 is 5.97 Å². The van der Waals surface area contributed by atoms with Gasteiger partial charge in [-0.1, -0.05) is 12.1 Å². The van der Waals surface area contributed by atoms with Gasteiger partial charge in [0.2, 0.25) is 0 Å². The maximum Gasteiger partial charge on any atom is 0.343 e.